The Morgan fingerprint density at radius 2 is 0.861 bits per heavy atom. The maximum atomic E-state index is 6.39. The molecular formula is C69H48N2O. The lowest BCUT2D eigenvalue weighted by molar-refractivity contribution is 0.620. The predicted molar refractivity (Wildman–Crippen MR) is 302 cm³/mol. The number of para-hydroxylation sites is 1. The Balaban J connectivity index is 0.834. The lowest BCUT2D eigenvalue weighted by atomic mass is 9.92. The molecule has 0 N–H and O–H groups in total. The summed E-state index contributed by atoms with van der Waals surface area (Å²) < 4.78 is 6.39. The highest BCUT2D eigenvalue weighted by atomic mass is 16.3. The van der Waals surface area contributed by atoms with Crippen molar-refractivity contribution in [3.05, 3.63) is 278 Å². The maximum absolute atomic E-state index is 6.39. The highest BCUT2D eigenvalue weighted by Gasteiger charge is 2.22. The van der Waals surface area contributed by atoms with Crippen molar-refractivity contribution >= 4 is 49.6 Å². The van der Waals surface area contributed by atoms with Crippen LogP contribution >= 0.6 is 0 Å². The van der Waals surface area contributed by atoms with E-state index in [1.165, 1.54) is 61.0 Å². The minimum absolute atomic E-state index is 0.621. The van der Waals surface area contributed by atoms with E-state index in [1.54, 1.807) is 0 Å². The van der Waals surface area contributed by atoms with Crippen molar-refractivity contribution < 1.29 is 4.42 Å². The molecule has 72 heavy (non-hydrogen) atoms. The summed E-state index contributed by atoms with van der Waals surface area (Å²) in [6, 6.07) is 91.6. The van der Waals surface area contributed by atoms with Crippen LogP contribution in [0.4, 0.5) is 11.4 Å². The molecule has 1 aliphatic rings. The Morgan fingerprint density at radius 3 is 1.51 bits per heavy atom. The van der Waals surface area contributed by atoms with Crippen LogP contribution in [0.3, 0.4) is 0 Å². The zero-order chi connectivity index (χ0) is 47.8. The molecule has 0 aliphatic heterocycles. The van der Waals surface area contributed by atoms with Crippen LogP contribution < -0.4 is 4.90 Å². The van der Waals surface area contributed by atoms with Crippen molar-refractivity contribution in [2.45, 2.75) is 12.8 Å². The summed E-state index contributed by atoms with van der Waals surface area (Å²) in [6.45, 7) is 0. The summed E-state index contributed by atoms with van der Waals surface area (Å²) in [5, 5.41) is 4.59. The number of rotatable bonds is 10. The summed E-state index contributed by atoms with van der Waals surface area (Å²) >= 11 is 0. The summed E-state index contributed by atoms with van der Waals surface area (Å²) in [5.74, 6) is 0.621. The summed E-state index contributed by atoms with van der Waals surface area (Å²) in [4.78, 5) is 7.56. The fourth-order valence-electron chi connectivity index (χ4n) is 10.4. The van der Waals surface area contributed by atoms with Crippen molar-refractivity contribution in [1.82, 2.24) is 4.98 Å². The van der Waals surface area contributed by atoms with Crippen LogP contribution in [0, 0.1) is 0 Å². The smallest absolute Gasteiger partial charge is 0.227 e. The standard InChI is InChI=1S/C69H48N2O/c1-4-13-47(14-5-1)49-23-25-51(26-24-49)52-37-40-62(41-38-52)71(66-22-11-10-21-64(66)54-17-8-3-9-18-54)63-20-12-19-57(45-63)58-34-29-53-30-35-59(44-61(53)43-58)60-36-31-55-39-42-67-68(65(55)46-60)70-69(72-67)56-32-27-50(28-33-56)48-15-6-2-7-16-48/h1-37,39-40,42-46H,38,41H2. The van der Waals surface area contributed by atoms with Gasteiger partial charge in [0.2, 0.25) is 5.89 Å². The Morgan fingerprint density at radius 1 is 0.347 bits per heavy atom. The van der Waals surface area contributed by atoms with Crippen molar-refractivity contribution in [3.63, 3.8) is 0 Å². The molecule has 11 aromatic carbocycles. The third kappa shape index (κ3) is 8.27. The third-order valence-corrected chi connectivity index (χ3v) is 14.2. The SMILES string of the molecule is C1=C(c2ccc(-c3ccccc3)cc2)CCC(N(c2cccc(-c3ccc4ccc(-c5ccc6ccc7oc(-c8ccc(-c9ccccc9)cc8)nc7c6c5)cc4c3)c2)c2ccccc2-c2ccccc2)=C1. The molecule has 0 saturated heterocycles. The first-order chi connectivity index (χ1) is 35.6. The molecule has 1 aliphatic carbocycles. The second-order valence-corrected chi connectivity index (χ2v) is 18.6. The molecule has 0 fully saturated rings. The average molecular weight is 921 g/mol. The van der Waals surface area contributed by atoms with Gasteiger partial charge in [-0.25, -0.2) is 4.98 Å². The second-order valence-electron chi connectivity index (χ2n) is 18.6. The Labute approximate surface area is 420 Å². The first-order valence-electron chi connectivity index (χ1n) is 24.8. The quantitative estimate of drug-likeness (QED) is 0.137. The molecule has 0 unspecified atom stereocenters. The molecule has 0 atom stereocenters. The molecule has 13 rings (SSSR count). The minimum atomic E-state index is 0.621. The van der Waals surface area contributed by atoms with E-state index < -0.39 is 0 Å². The zero-order valence-electron chi connectivity index (χ0n) is 39.6. The van der Waals surface area contributed by atoms with Crippen LogP contribution in [-0.2, 0) is 0 Å². The second kappa shape index (κ2) is 18.5. The average Bonchev–Trinajstić information content (AvgIpc) is 3.92. The van der Waals surface area contributed by atoms with Gasteiger partial charge in [-0.2, -0.15) is 0 Å². The summed E-state index contributed by atoms with van der Waals surface area (Å²) in [6.07, 6.45) is 6.50. The number of hydrogen-bond acceptors (Lipinski definition) is 3. The van der Waals surface area contributed by atoms with Gasteiger partial charge in [0.05, 0.1) is 5.69 Å². The number of benzene rings is 11. The molecule has 0 radical (unpaired) electrons. The highest BCUT2D eigenvalue weighted by molar-refractivity contribution is 6.06. The van der Waals surface area contributed by atoms with Gasteiger partial charge in [0.1, 0.15) is 5.52 Å². The molecule has 3 heteroatoms. The summed E-state index contributed by atoms with van der Waals surface area (Å²) in [5.41, 5.74) is 20.6. The van der Waals surface area contributed by atoms with Crippen LogP contribution in [0.15, 0.2) is 277 Å². The van der Waals surface area contributed by atoms with Crippen molar-refractivity contribution in [2.24, 2.45) is 0 Å². The maximum Gasteiger partial charge on any atom is 0.227 e. The third-order valence-electron chi connectivity index (χ3n) is 14.2. The lowest BCUT2D eigenvalue weighted by Gasteiger charge is -2.32. The van der Waals surface area contributed by atoms with Crippen molar-refractivity contribution in [2.75, 3.05) is 4.90 Å². The number of anilines is 2. The van der Waals surface area contributed by atoms with E-state index in [4.69, 9.17) is 9.40 Å². The zero-order valence-corrected chi connectivity index (χ0v) is 39.6. The van der Waals surface area contributed by atoms with E-state index in [0.29, 0.717) is 5.89 Å². The van der Waals surface area contributed by atoms with Gasteiger partial charge >= 0.3 is 0 Å². The van der Waals surface area contributed by atoms with Gasteiger partial charge in [-0.15, -0.1) is 0 Å². The lowest BCUT2D eigenvalue weighted by Crippen LogP contribution is -2.18. The van der Waals surface area contributed by atoms with Gasteiger partial charge in [0, 0.05) is 27.9 Å². The van der Waals surface area contributed by atoms with Crippen molar-refractivity contribution in [3.8, 4) is 67.1 Å². The molecule has 0 bridgehead atoms. The van der Waals surface area contributed by atoms with E-state index in [1.807, 2.05) is 12.1 Å². The van der Waals surface area contributed by atoms with Crippen LogP contribution in [0.25, 0.3) is 105 Å². The fraction of sp³-hybridized carbons (Fsp3) is 0.0290. The molecule has 1 aromatic heterocycles. The van der Waals surface area contributed by atoms with Gasteiger partial charge in [0.25, 0.3) is 0 Å². The van der Waals surface area contributed by atoms with Crippen LogP contribution in [0.1, 0.15) is 18.4 Å². The van der Waals surface area contributed by atoms with Crippen molar-refractivity contribution in [1.29, 1.82) is 0 Å². The molecule has 0 amide bonds. The fourth-order valence-corrected chi connectivity index (χ4v) is 10.4. The largest absolute Gasteiger partial charge is 0.436 e. The predicted octanol–water partition coefficient (Wildman–Crippen LogP) is 19.0. The van der Waals surface area contributed by atoms with E-state index in [2.05, 4.69) is 260 Å². The van der Waals surface area contributed by atoms with E-state index in [9.17, 15) is 0 Å². The number of allylic oxidation sites excluding steroid dienone is 4. The van der Waals surface area contributed by atoms with Gasteiger partial charge in [-0.3, -0.25) is 0 Å². The molecular weight excluding hydrogens is 873 g/mol. The number of fused-ring (bicyclic) bond motifs is 4. The number of nitrogens with zero attached hydrogens (tertiary/aromatic N) is 2. The normalized spacial score (nSPS) is 12.5. The van der Waals surface area contributed by atoms with E-state index in [0.717, 1.165) is 73.9 Å². The minimum Gasteiger partial charge on any atom is -0.436 e. The number of oxazole rings is 1. The number of aromatic nitrogens is 1. The summed E-state index contributed by atoms with van der Waals surface area (Å²) in [7, 11) is 0. The molecule has 1 heterocycles. The molecule has 12 aromatic rings. The van der Waals surface area contributed by atoms with Gasteiger partial charge in [-0.1, -0.05) is 206 Å². The monoisotopic (exact) mass is 920 g/mol. The van der Waals surface area contributed by atoms with Gasteiger partial charge in [0.15, 0.2) is 5.58 Å². The van der Waals surface area contributed by atoms with Crippen LogP contribution in [-0.4, -0.2) is 4.98 Å². The Kier molecular flexibility index (Phi) is 11.0. The molecule has 0 saturated carbocycles. The molecule has 340 valence electrons. The Hall–Kier alpha value is -9.31. The number of hydrogen-bond donors (Lipinski definition) is 0. The first kappa shape index (κ1) is 42.8. The van der Waals surface area contributed by atoms with Crippen LogP contribution in [0.5, 0.6) is 0 Å². The molecule has 0 spiro atoms. The van der Waals surface area contributed by atoms with E-state index >= 15 is 0 Å². The topological polar surface area (TPSA) is 29.3 Å². The van der Waals surface area contributed by atoms with E-state index in [-0.39, 0.29) is 0 Å². The van der Waals surface area contributed by atoms with Crippen LogP contribution in [0.2, 0.25) is 0 Å². The van der Waals surface area contributed by atoms with Gasteiger partial charge in [-0.05, 0) is 151 Å². The first-order valence-corrected chi connectivity index (χ1v) is 24.8. The Bertz CT molecular complexity index is 4000. The highest BCUT2D eigenvalue weighted by Crippen LogP contribution is 2.43. The van der Waals surface area contributed by atoms with Gasteiger partial charge < -0.3 is 9.32 Å². The molecule has 3 nitrogen and oxygen atoms in total.